The minimum atomic E-state index is -1.32. The SMILES string of the molecule is COC(=O)[C@@H]1CC[C@]1(C#N)C(=O)OC. The van der Waals surface area contributed by atoms with E-state index in [9.17, 15) is 9.59 Å². The minimum absolute atomic E-state index is 0.357. The Hall–Kier alpha value is -1.57. The van der Waals surface area contributed by atoms with Gasteiger partial charge in [-0.3, -0.25) is 9.59 Å². The van der Waals surface area contributed by atoms with Crippen LogP contribution in [0.4, 0.5) is 0 Å². The Labute approximate surface area is 81.6 Å². The van der Waals surface area contributed by atoms with Gasteiger partial charge in [0.15, 0.2) is 5.41 Å². The lowest BCUT2D eigenvalue weighted by Crippen LogP contribution is -2.50. The van der Waals surface area contributed by atoms with E-state index in [1.807, 2.05) is 6.07 Å². The van der Waals surface area contributed by atoms with Gasteiger partial charge < -0.3 is 9.47 Å². The highest BCUT2D eigenvalue weighted by Crippen LogP contribution is 2.47. The molecule has 1 saturated carbocycles. The molecule has 76 valence electrons. The van der Waals surface area contributed by atoms with Gasteiger partial charge in [0.1, 0.15) is 0 Å². The minimum Gasteiger partial charge on any atom is -0.469 e. The predicted octanol–water partition coefficient (Wildman–Crippen LogP) is 0.252. The fourth-order valence-electron chi connectivity index (χ4n) is 1.64. The Bertz CT molecular complexity index is 306. The maximum absolute atomic E-state index is 11.3. The molecule has 0 aromatic rings. The second-order valence-corrected chi connectivity index (χ2v) is 3.19. The average Bonchev–Trinajstić information content (AvgIpc) is 2.17. The first kappa shape index (κ1) is 10.5. The summed E-state index contributed by atoms with van der Waals surface area (Å²) in [6, 6.07) is 1.86. The van der Waals surface area contributed by atoms with Crippen LogP contribution in [0.2, 0.25) is 0 Å². The number of carbonyl (C=O) groups is 2. The largest absolute Gasteiger partial charge is 0.469 e. The summed E-state index contributed by atoms with van der Waals surface area (Å²) in [4.78, 5) is 22.5. The third kappa shape index (κ3) is 1.23. The summed E-state index contributed by atoms with van der Waals surface area (Å²) in [5, 5.41) is 8.89. The zero-order valence-corrected chi connectivity index (χ0v) is 8.07. The molecule has 5 heteroatoms. The number of carbonyl (C=O) groups excluding carboxylic acids is 2. The highest BCUT2D eigenvalue weighted by atomic mass is 16.5. The van der Waals surface area contributed by atoms with Crippen LogP contribution in [-0.4, -0.2) is 26.2 Å². The van der Waals surface area contributed by atoms with Gasteiger partial charge in [-0.1, -0.05) is 0 Å². The van der Waals surface area contributed by atoms with Crippen LogP contribution < -0.4 is 0 Å². The van der Waals surface area contributed by atoms with Crippen molar-refractivity contribution >= 4 is 11.9 Å². The van der Waals surface area contributed by atoms with E-state index in [1.54, 1.807) is 0 Å². The quantitative estimate of drug-likeness (QED) is 0.593. The number of methoxy groups -OCH3 is 2. The molecule has 0 radical (unpaired) electrons. The van der Waals surface area contributed by atoms with Crippen LogP contribution in [0.5, 0.6) is 0 Å². The van der Waals surface area contributed by atoms with E-state index >= 15 is 0 Å². The highest BCUT2D eigenvalue weighted by Gasteiger charge is 2.58. The maximum Gasteiger partial charge on any atom is 0.327 e. The number of nitriles is 1. The van der Waals surface area contributed by atoms with Crippen LogP contribution >= 0.6 is 0 Å². The van der Waals surface area contributed by atoms with Gasteiger partial charge in [0.25, 0.3) is 0 Å². The van der Waals surface area contributed by atoms with Gasteiger partial charge in [0.2, 0.25) is 0 Å². The fraction of sp³-hybridized carbons (Fsp3) is 0.667. The van der Waals surface area contributed by atoms with E-state index in [2.05, 4.69) is 9.47 Å². The number of ether oxygens (including phenoxy) is 2. The molecule has 0 aromatic heterocycles. The Kier molecular flexibility index (Phi) is 2.75. The molecular formula is C9H11NO4. The molecule has 0 amide bonds. The zero-order valence-electron chi connectivity index (χ0n) is 8.07. The van der Waals surface area contributed by atoms with Crippen molar-refractivity contribution in [3.8, 4) is 6.07 Å². The number of nitrogens with zero attached hydrogens (tertiary/aromatic N) is 1. The predicted molar refractivity (Wildman–Crippen MR) is 44.8 cm³/mol. The standard InChI is InChI=1S/C9H11NO4/c1-13-7(11)6-3-4-9(6,5-10)8(12)14-2/h6H,3-4H2,1-2H3/t6-,9+/m0/s1. The summed E-state index contributed by atoms with van der Waals surface area (Å²) in [5.74, 6) is -1.85. The second kappa shape index (κ2) is 3.66. The third-order valence-corrected chi connectivity index (χ3v) is 2.66. The van der Waals surface area contributed by atoms with Crippen LogP contribution in [0, 0.1) is 22.7 Å². The van der Waals surface area contributed by atoms with Gasteiger partial charge in [-0.15, -0.1) is 0 Å². The van der Waals surface area contributed by atoms with Crippen molar-refractivity contribution in [3.05, 3.63) is 0 Å². The highest BCUT2D eigenvalue weighted by molar-refractivity contribution is 5.89. The van der Waals surface area contributed by atoms with Gasteiger partial charge in [0.05, 0.1) is 26.2 Å². The first-order valence-electron chi connectivity index (χ1n) is 4.20. The van der Waals surface area contributed by atoms with E-state index in [0.717, 1.165) is 0 Å². The smallest absolute Gasteiger partial charge is 0.327 e. The number of hydrogen-bond acceptors (Lipinski definition) is 5. The van der Waals surface area contributed by atoms with Crippen LogP contribution in [0.15, 0.2) is 0 Å². The topological polar surface area (TPSA) is 76.4 Å². The fourth-order valence-corrected chi connectivity index (χ4v) is 1.64. The number of esters is 2. The molecule has 14 heavy (non-hydrogen) atoms. The lowest BCUT2D eigenvalue weighted by molar-refractivity contribution is -0.171. The molecule has 1 fully saturated rings. The summed E-state index contributed by atoms with van der Waals surface area (Å²) in [7, 11) is 2.44. The van der Waals surface area contributed by atoms with Gasteiger partial charge in [-0.05, 0) is 12.8 Å². The van der Waals surface area contributed by atoms with Gasteiger partial charge >= 0.3 is 11.9 Å². The Morgan fingerprint density at radius 3 is 2.36 bits per heavy atom. The zero-order chi connectivity index (χ0) is 10.8. The monoisotopic (exact) mass is 197 g/mol. The summed E-state index contributed by atoms with van der Waals surface area (Å²) in [5.41, 5.74) is -1.32. The summed E-state index contributed by atoms with van der Waals surface area (Å²) >= 11 is 0. The maximum atomic E-state index is 11.3. The van der Waals surface area contributed by atoms with Gasteiger partial charge in [-0.2, -0.15) is 5.26 Å². The van der Waals surface area contributed by atoms with Crippen LogP contribution in [0.1, 0.15) is 12.8 Å². The summed E-state index contributed by atoms with van der Waals surface area (Å²) in [6.45, 7) is 0. The van der Waals surface area contributed by atoms with Crippen molar-refractivity contribution in [1.82, 2.24) is 0 Å². The first-order valence-corrected chi connectivity index (χ1v) is 4.20. The van der Waals surface area contributed by atoms with Crippen LogP contribution in [0.25, 0.3) is 0 Å². The molecule has 0 heterocycles. The van der Waals surface area contributed by atoms with Crippen molar-refractivity contribution in [2.75, 3.05) is 14.2 Å². The molecule has 2 atom stereocenters. The molecule has 1 rings (SSSR count). The Morgan fingerprint density at radius 2 is 2.07 bits per heavy atom. The molecule has 0 saturated heterocycles. The second-order valence-electron chi connectivity index (χ2n) is 3.19. The molecule has 1 aliphatic carbocycles. The molecule has 0 unspecified atom stereocenters. The van der Waals surface area contributed by atoms with Crippen molar-refractivity contribution in [1.29, 1.82) is 5.26 Å². The van der Waals surface area contributed by atoms with Crippen molar-refractivity contribution in [2.24, 2.45) is 11.3 Å². The van der Waals surface area contributed by atoms with E-state index < -0.39 is 23.3 Å². The normalized spacial score (nSPS) is 29.6. The van der Waals surface area contributed by atoms with E-state index in [-0.39, 0.29) is 0 Å². The summed E-state index contributed by atoms with van der Waals surface area (Å²) < 4.78 is 9.01. The van der Waals surface area contributed by atoms with Crippen LogP contribution in [0.3, 0.4) is 0 Å². The van der Waals surface area contributed by atoms with Crippen molar-refractivity contribution in [2.45, 2.75) is 12.8 Å². The molecule has 0 spiro atoms. The molecule has 1 aliphatic rings. The van der Waals surface area contributed by atoms with E-state index in [4.69, 9.17) is 5.26 Å². The summed E-state index contributed by atoms with van der Waals surface area (Å²) in [6.07, 6.45) is 0.852. The lowest BCUT2D eigenvalue weighted by atomic mass is 9.61. The van der Waals surface area contributed by atoms with E-state index in [1.165, 1.54) is 14.2 Å². The van der Waals surface area contributed by atoms with Crippen molar-refractivity contribution < 1.29 is 19.1 Å². The third-order valence-electron chi connectivity index (χ3n) is 2.66. The Morgan fingerprint density at radius 1 is 1.43 bits per heavy atom. The van der Waals surface area contributed by atoms with Crippen LogP contribution in [-0.2, 0) is 19.1 Å². The average molecular weight is 197 g/mol. The van der Waals surface area contributed by atoms with Gasteiger partial charge in [-0.25, -0.2) is 0 Å². The molecule has 0 aromatic carbocycles. The van der Waals surface area contributed by atoms with Crippen molar-refractivity contribution in [3.63, 3.8) is 0 Å². The molecule has 0 bridgehead atoms. The molecule has 0 N–H and O–H groups in total. The number of hydrogen-bond donors (Lipinski definition) is 0. The molecule has 5 nitrogen and oxygen atoms in total. The van der Waals surface area contributed by atoms with Gasteiger partial charge in [0, 0.05) is 0 Å². The molecule has 0 aliphatic heterocycles. The first-order chi connectivity index (χ1) is 6.62. The molecular weight excluding hydrogens is 186 g/mol. The lowest BCUT2D eigenvalue weighted by Gasteiger charge is -2.39. The Balaban J connectivity index is 2.88. The number of rotatable bonds is 2. The van der Waals surface area contributed by atoms with E-state index in [0.29, 0.717) is 12.8 Å².